The largest absolute Gasteiger partial charge is 0.392 e. The zero-order valence-corrected chi connectivity index (χ0v) is 7.88. The topological polar surface area (TPSA) is 20.2 Å². The van der Waals surface area contributed by atoms with Crippen LogP contribution in [0.4, 0.5) is 4.39 Å². The van der Waals surface area contributed by atoms with Gasteiger partial charge in [0.1, 0.15) is 5.82 Å². The highest BCUT2D eigenvalue weighted by Gasteiger charge is 2.11. The molecule has 1 aromatic carbocycles. The zero-order chi connectivity index (χ0) is 9.30. The summed E-state index contributed by atoms with van der Waals surface area (Å²) in [6.07, 6.45) is 0. The van der Waals surface area contributed by atoms with Gasteiger partial charge < -0.3 is 5.11 Å². The highest BCUT2D eigenvalue weighted by atomic mass is 35.5. The first-order valence-corrected chi connectivity index (χ1v) is 4.07. The molecule has 0 aliphatic rings. The molecule has 0 aliphatic heterocycles. The van der Waals surface area contributed by atoms with Gasteiger partial charge in [-0.05, 0) is 24.1 Å². The van der Waals surface area contributed by atoms with E-state index in [0.29, 0.717) is 16.1 Å². The van der Waals surface area contributed by atoms with Gasteiger partial charge in [0.2, 0.25) is 0 Å². The van der Waals surface area contributed by atoms with Crippen LogP contribution in [0.1, 0.15) is 11.1 Å². The lowest BCUT2D eigenvalue weighted by atomic mass is 10.1. The van der Waals surface area contributed by atoms with E-state index in [1.165, 1.54) is 0 Å². The summed E-state index contributed by atoms with van der Waals surface area (Å²) < 4.78 is 12.9. The summed E-state index contributed by atoms with van der Waals surface area (Å²) in [5, 5.41) is 9.10. The highest BCUT2D eigenvalue weighted by Crippen LogP contribution is 2.29. The number of halogens is 3. The van der Waals surface area contributed by atoms with Crippen molar-refractivity contribution in [2.75, 3.05) is 0 Å². The molecule has 1 N–H and O–H groups in total. The van der Waals surface area contributed by atoms with Crippen molar-refractivity contribution < 1.29 is 9.50 Å². The summed E-state index contributed by atoms with van der Waals surface area (Å²) in [7, 11) is 0. The lowest BCUT2D eigenvalue weighted by molar-refractivity contribution is 0.281. The van der Waals surface area contributed by atoms with E-state index in [9.17, 15) is 4.39 Å². The van der Waals surface area contributed by atoms with Crippen molar-refractivity contribution >= 4 is 23.2 Å². The number of hydrogen-bond acceptors (Lipinski definition) is 1. The Balaban J connectivity index is 3.39. The second-order valence-corrected chi connectivity index (χ2v) is 3.18. The lowest BCUT2D eigenvalue weighted by Gasteiger charge is -2.06. The van der Waals surface area contributed by atoms with Crippen LogP contribution in [0.25, 0.3) is 0 Å². The summed E-state index contributed by atoms with van der Waals surface area (Å²) >= 11 is 11.3. The van der Waals surface area contributed by atoms with Crippen molar-refractivity contribution in [1.29, 1.82) is 0 Å². The first kappa shape index (κ1) is 9.78. The molecule has 0 unspecified atom stereocenters. The summed E-state index contributed by atoms with van der Waals surface area (Å²) in [6, 6.07) is 1.14. The number of hydrogen-bond donors (Lipinski definition) is 1. The van der Waals surface area contributed by atoms with Crippen LogP contribution in [0.3, 0.4) is 0 Å². The molecule has 0 radical (unpaired) electrons. The fourth-order valence-corrected chi connectivity index (χ4v) is 1.32. The molecular formula is C8H7Cl2FO. The molecule has 0 atom stereocenters. The molecule has 12 heavy (non-hydrogen) atoms. The van der Waals surface area contributed by atoms with Crippen LogP contribution in [0, 0.1) is 12.7 Å². The van der Waals surface area contributed by atoms with Gasteiger partial charge in [-0.3, -0.25) is 0 Å². The van der Waals surface area contributed by atoms with Crippen molar-refractivity contribution in [2.45, 2.75) is 13.5 Å². The Morgan fingerprint density at radius 2 is 2.00 bits per heavy atom. The first-order valence-electron chi connectivity index (χ1n) is 3.31. The molecule has 0 saturated heterocycles. The Morgan fingerprint density at radius 3 is 2.50 bits per heavy atom. The molecule has 66 valence electrons. The quantitative estimate of drug-likeness (QED) is 0.705. The van der Waals surface area contributed by atoms with Gasteiger partial charge in [0, 0.05) is 0 Å². The van der Waals surface area contributed by atoms with Crippen molar-refractivity contribution in [3.05, 3.63) is 33.1 Å². The van der Waals surface area contributed by atoms with Gasteiger partial charge in [-0.25, -0.2) is 4.39 Å². The van der Waals surface area contributed by atoms with Gasteiger partial charge in [-0.2, -0.15) is 0 Å². The van der Waals surface area contributed by atoms with Crippen LogP contribution in [0.5, 0.6) is 0 Å². The van der Waals surface area contributed by atoms with E-state index in [-0.39, 0.29) is 11.6 Å². The second-order valence-electron chi connectivity index (χ2n) is 2.43. The van der Waals surface area contributed by atoms with E-state index in [0.717, 1.165) is 6.07 Å². The summed E-state index contributed by atoms with van der Waals surface area (Å²) in [4.78, 5) is 0. The maximum atomic E-state index is 12.9. The molecule has 4 heteroatoms. The number of benzene rings is 1. The Kier molecular flexibility index (Phi) is 2.94. The Bertz CT molecular complexity index is 312. The Labute approximate surface area is 79.7 Å². The third-order valence-corrected chi connectivity index (χ3v) is 2.61. The van der Waals surface area contributed by atoms with Crippen LogP contribution >= 0.6 is 23.2 Å². The van der Waals surface area contributed by atoms with E-state index in [1.54, 1.807) is 6.92 Å². The minimum absolute atomic E-state index is 0.0113. The molecule has 0 fully saturated rings. The van der Waals surface area contributed by atoms with Crippen molar-refractivity contribution in [3.63, 3.8) is 0 Å². The summed E-state index contributed by atoms with van der Waals surface area (Å²) in [5.74, 6) is -0.553. The smallest absolute Gasteiger partial charge is 0.142 e. The third kappa shape index (κ3) is 1.56. The summed E-state index contributed by atoms with van der Waals surface area (Å²) in [6.45, 7) is 1.32. The average molecular weight is 209 g/mol. The van der Waals surface area contributed by atoms with E-state index in [2.05, 4.69) is 0 Å². The number of aliphatic hydroxyl groups is 1. The molecule has 0 saturated carbocycles. The molecule has 1 aromatic rings. The maximum absolute atomic E-state index is 12.9. The Hall–Kier alpha value is -0.310. The average Bonchev–Trinajstić information content (AvgIpc) is 2.08. The standard InChI is InChI=1S/C8H7Cl2FO/c1-4-7(9)5(3-12)2-6(11)8(4)10/h2,12H,3H2,1H3. The molecule has 1 rings (SSSR count). The van der Waals surface area contributed by atoms with Gasteiger partial charge in [-0.15, -0.1) is 0 Å². The van der Waals surface area contributed by atoms with Crippen LogP contribution < -0.4 is 0 Å². The minimum atomic E-state index is -0.553. The van der Waals surface area contributed by atoms with Crippen molar-refractivity contribution in [1.82, 2.24) is 0 Å². The van der Waals surface area contributed by atoms with Crippen molar-refractivity contribution in [2.24, 2.45) is 0 Å². The van der Waals surface area contributed by atoms with Crippen LogP contribution in [-0.2, 0) is 6.61 Å². The third-order valence-electron chi connectivity index (χ3n) is 1.62. The van der Waals surface area contributed by atoms with Crippen LogP contribution in [0.2, 0.25) is 10.0 Å². The second kappa shape index (κ2) is 3.60. The van der Waals surface area contributed by atoms with Gasteiger partial charge in [0.15, 0.2) is 0 Å². The van der Waals surface area contributed by atoms with E-state index >= 15 is 0 Å². The monoisotopic (exact) mass is 208 g/mol. The van der Waals surface area contributed by atoms with E-state index in [4.69, 9.17) is 28.3 Å². The van der Waals surface area contributed by atoms with Gasteiger partial charge in [0.05, 0.1) is 16.7 Å². The SMILES string of the molecule is Cc1c(Cl)c(F)cc(CO)c1Cl. The van der Waals surface area contributed by atoms with E-state index in [1.807, 2.05) is 0 Å². The first-order chi connectivity index (χ1) is 5.57. The molecule has 1 nitrogen and oxygen atoms in total. The number of rotatable bonds is 1. The predicted molar refractivity (Wildman–Crippen MR) is 47.1 cm³/mol. The highest BCUT2D eigenvalue weighted by molar-refractivity contribution is 6.36. The van der Waals surface area contributed by atoms with Gasteiger partial charge in [-0.1, -0.05) is 23.2 Å². The van der Waals surface area contributed by atoms with Crippen LogP contribution in [-0.4, -0.2) is 5.11 Å². The molecule has 0 spiro atoms. The Morgan fingerprint density at radius 1 is 1.42 bits per heavy atom. The molecule has 0 aliphatic carbocycles. The van der Waals surface area contributed by atoms with Crippen molar-refractivity contribution in [3.8, 4) is 0 Å². The normalized spacial score (nSPS) is 10.4. The zero-order valence-electron chi connectivity index (χ0n) is 6.37. The molecule has 0 heterocycles. The summed E-state index contributed by atoms with van der Waals surface area (Å²) in [5.41, 5.74) is 0.818. The lowest BCUT2D eigenvalue weighted by Crippen LogP contribution is -1.92. The van der Waals surface area contributed by atoms with Gasteiger partial charge in [0.25, 0.3) is 0 Å². The molecule has 0 amide bonds. The van der Waals surface area contributed by atoms with E-state index < -0.39 is 5.82 Å². The fourth-order valence-electron chi connectivity index (χ4n) is 0.911. The molecular weight excluding hydrogens is 202 g/mol. The molecule has 0 bridgehead atoms. The fraction of sp³-hybridized carbons (Fsp3) is 0.250. The minimum Gasteiger partial charge on any atom is -0.392 e. The maximum Gasteiger partial charge on any atom is 0.142 e. The number of aliphatic hydroxyl groups excluding tert-OH is 1. The molecule has 0 aromatic heterocycles. The van der Waals surface area contributed by atoms with Gasteiger partial charge >= 0.3 is 0 Å². The predicted octanol–water partition coefficient (Wildman–Crippen LogP) is 2.93. The van der Waals surface area contributed by atoms with Crippen LogP contribution in [0.15, 0.2) is 6.07 Å².